The average molecular weight is 237 g/mol. The largest absolute Gasteiger partial charge is 0.479 e. The molecule has 0 aliphatic heterocycles. The number of carbonyl (C=O) groups excluding carboxylic acids is 1. The molecule has 1 atom stereocenters. The maximum atomic E-state index is 11.4. The Hall–Kier alpha value is -1.88. The molecule has 0 aliphatic carbocycles. The predicted octanol–water partition coefficient (Wildman–Crippen LogP) is 0.701. The van der Waals surface area contributed by atoms with E-state index in [1.54, 1.807) is 30.3 Å². The van der Waals surface area contributed by atoms with Crippen LogP contribution in [0.2, 0.25) is 0 Å². The van der Waals surface area contributed by atoms with Crippen molar-refractivity contribution in [1.29, 1.82) is 0 Å². The van der Waals surface area contributed by atoms with Crippen molar-refractivity contribution in [2.24, 2.45) is 0 Å². The monoisotopic (exact) mass is 237 g/mol. The summed E-state index contributed by atoms with van der Waals surface area (Å²) in [5.41, 5.74) is 0.525. The lowest BCUT2D eigenvalue weighted by atomic mass is 10.1. The summed E-state index contributed by atoms with van der Waals surface area (Å²) in [6.07, 6.45) is 0.445. The average Bonchev–Trinajstić information content (AvgIpc) is 2.34. The highest BCUT2D eigenvalue weighted by Crippen LogP contribution is 2.12. The van der Waals surface area contributed by atoms with Crippen molar-refractivity contribution >= 4 is 11.9 Å². The molecule has 0 aromatic heterocycles. The number of rotatable bonds is 6. The van der Waals surface area contributed by atoms with Gasteiger partial charge in [-0.3, -0.25) is 4.79 Å². The molecule has 5 nitrogen and oxygen atoms in total. The predicted molar refractivity (Wildman–Crippen MR) is 61.3 cm³/mol. The Morgan fingerprint density at radius 2 is 1.88 bits per heavy atom. The van der Waals surface area contributed by atoms with E-state index in [0.29, 0.717) is 12.0 Å². The summed E-state index contributed by atoms with van der Waals surface area (Å²) in [5, 5.41) is 20.0. The Morgan fingerprint density at radius 3 is 2.41 bits per heavy atom. The van der Waals surface area contributed by atoms with E-state index in [1.165, 1.54) is 0 Å². The zero-order valence-electron chi connectivity index (χ0n) is 9.30. The van der Waals surface area contributed by atoms with Crippen molar-refractivity contribution in [3.63, 3.8) is 0 Å². The Bertz CT molecular complexity index is 377. The van der Waals surface area contributed by atoms with Gasteiger partial charge in [-0.1, -0.05) is 30.3 Å². The highest BCUT2D eigenvalue weighted by atomic mass is 16.4. The lowest BCUT2D eigenvalue weighted by molar-refractivity contribution is -0.142. The van der Waals surface area contributed by atoms with E-state index >= 15 is 0 Å². The van der Waals surface area contributed by atoms with Gasteiger partial charge in [-0.05, 0) is 12.0 Å². The Morgan fingerprint density at radius 1 is 1.24 bits per heavy atom. The molecule has 0 aliphatic rings. The summed E-state index contributed by atoms with van der Waals surface area (Å²) in [4.78, 5) is 22.4. The zero-order valence-corrected chi connectivity index (χ0v) is 9.30. The fourth-order valence-electron chi connectivity index (χ4n) is 1.41. The minimum Gasteiger partial charge on any atom is -0.479 e. The van der Waals surface area contributed by atoms with Gasteiger partial charge in [-0.15, -0.1) is 0 Å². The number of nitrogens with one attached hydrogen (secondary N) is 1. The fraction of sp³-hybridized carbons (Fsp3) is 0.333. The minimum absolute atomic E-state index is 0.0868. The van der Waals surface area contributed by atoms with Gasteiger partial charge in [0.2, 0.25) is 5.91 Å². The van der Waals surface area contributed by atoms with Crippen LogP contribution in [0.5, 0.6) is 0 Å². The second-order valence-electron chi connectivity index (χ2n) is 3.58. The smallest absolute Gasteiger partial charge is 0.330 e. The highest BCUT2D eigenvalue weighted by molar-refractivity contribution is 5.84. The molecule has 1 amide bonds. The molecule has 3 N–H and O–H groups in total. The number of aliphatic hydroxyl groups excluding tert-OH is 1. The molecule has 1 rings (SSSR count). The van der Waals surface area contributed by atoms with Crippen LogP contribution < -0.4 is 5.32 Å². The summed E-state index contributed by atoms with van der Waals surface area (Å²) >= 11 is 0. The third kappa shape index (κ3) is 4.24. The summed E-state index contributed by atoms with van der Waals surface area (Å²) in [6, 6.07) is 7.45. The SMILES string of the molecule is O=C(CCCO)NC(C(=O)O)c1ccccc1. The summed E-state index contributed by atoms with van der Waals surface area (Å²) in [6.45, 7) is -0.0868. The quantitative estimate of drug-likeness (QED) is 0.679. The van der Waals surface area contributed by atoms with Crippen molar-refractivity contribution < 1.29 is 19.8 Å². The number of hydrogen-bond donors (Lipinski definition) is 3. The van der Waals surface area contributed by atoms with Crippen molar-refractivity contribution in [2.75, 3.05) is 6.61 Å². The first-order valence-corrected chi connectivity index (χ1v) is 5.33. The second-order valence-corrected chi connectivity index (χ2v) is 3.58. The molecule has 92 valence electrons. The number of amides is 1. The summed E-state index contributed by atoms with van der Waals surface area (Å²) < 4.78 is 0. The van der Waals surface area contributed by atoms with Gasteiger partial charge in [0.05, 0.1) is 0 Å². The van der Waals surface area contributed by atoms with Gasteiger partial charge in [0.25, 0.3) is 0 Å². The van der Waals surface area contributed by atoms with E-state index in [0.717, 1.165) is 0 Å². The molecule has 0 radical (unpaired) electrons. The molecule has 1 aromatic carbocycles. The van der Waals surface area contributed by atoms with E-state index < -0.39 is 12.0 Å². The van der Waals surface area contributed by atoms with Gasteiger partial charge in [0, 0.05) is 13.0 Å². The molecule has 0 bridgehead atoms. The van der Waals surface area contributed by atoms with Crippen LogP contribution in [0.4, 0.5) is 0 Å². The van der Waals surface area contributed by atoms with E-state index in [2.05, 4.69) is 5.32 Å². The molecule has 17 heavy (non-hydrogen) atoms. The standard InChI is InChI=1S/C12H15NO4/c14-8-4-7-10(15)13-11(12(16)17)9-5-2-1-3-6-9/h1-3,5-6,11,14H,4,7-8H2,(H,13,15)(H,16,17). The molecular formula is C12H15NO4. The number of aliphatic carboxylic acids is 1. The maximum absolute atomic E-state index is 11.4. The minimum atomic E-state index is -1.10. The van der Waals surface area contributed by atoms with Crippen LogP contribution in [0.1, 0.15) is 24.4 Å². The van der Waals surface area contributed by atoms with Crippen LogP contribution in [0.25, 0.3) is 0 Å². The normalized spacial score (nSPS) is 11.8. The molecule has 0 saturated heterocycles. The van der Waals surface area contributed by atoms with Crippen LogP contribution in [0.15, 0.2) is 30.3 Å². The third-order valence-corrected chi connectivity index (χ3v) is 2.25. The van der Waals surface area contributed by atoms with Gasteiger partial charge in [0.1, 0.15) is 0 Å². The Labute approximate surface area is 99.1 Å². The number of carboxylic acids is 1. The Balaban J connectivity index is 2.68. The topological polar surface area (TPSA) is 86.6 Å². The van der Waals surface area contributed by atoms with Crippen LogP contribution in [-0.4, -0.2) is 28.7 Å². The van der Waals surface area contributed by atoms with E-state index in [4.69, 9.17) is 10.2 Å². The van der Waals surface area contributed by atoms with Gasteiger partial charge in [0.15, 0.2) is 6.04 Å². The first-order valence-electron chi connectivity index (χ1n) is 5.33. The molecule has 0 fully saturated rings. The summed E-state index contributed by atoms with van der Waals surface area (Å²) in [7, 11) is 0. The lowest BCUT2D eigenvalue weighted by Crippen LogP contribution is -2.33. The van der Waals surface area contributed by atoms with Crippen LogP contribution >= 0.6 is 0 Å². The third-order valence-electron chi connectivity index (χ3n) is 2.25. The van der Waals surface area contributed by atoms with Crippen molar-refractivity contribution in [3.05, 3.63) is 35.9 Å². The van der Waals surface area contributed by atoms with Gasteiger partial charge in [-0.25, -0.2) is 4.79 Å². The molecule has 0 spiro atoms. The first kappa shape index (κ1) is 13.2. The number of aliphatic hydroxyl groups is 1. The Kier molecular flexibility index (Phi) is 5.16. The molecule has 0 saturated carbocycles. The molecule has 0 heterocycles. The van der Waals surface area contributed by atoms with E-state index in [9.17, 15) is 9.59 Å². The molecule has 1 unspecified atom stereocenters. The molecule has 1 aromatic rings. The van der Waals surface area contributed by atoms with E-state index in [1.807, 2.05) is 0 Å². The lowest BCUT2D eigenvalue weighted by Gasteiger charge is -2.14. The van der Waals surface area contributed by atoms with Crippen molar-refractivity contribution in [2.45, 2.75) is 18.9 Å². The number of benzene rings is 1. The first-order chi connectivity index (χ1) is 8.15. The van der Waals surface area contributed by atoms with E-state index in [-0.39, 0.29) is 18.9 Å². The van der Waals surface area contributed by atoms with Crippen molar-refractivity contribution in [3.8, 4) is 0 Å². The number of carbonyl (C=O) groups is 2. The van der Waals surface area contributed by atoms with Gasteiger partial charge >= 0.3 is 5.97 Å². The molecular weight excluding hydrogens is 222 g/mol. The van der Waals surface area contributed by atoms with Crippen LogP contribution in [0, 0.1) is 0 Å². The van der Waals surface area contributed by atoms with Gasteiger partial charge < -0.3 is 15.5 Å². The highest BCUT2D eigenvalue weighted by Gasteiger charge is 2.21. The zero-order chi connectivity index (χ0) is 12.7. The van der Waals surface area contributed by atoms with Crippen molar-refractivity contribution in [1.82, 2.24) is 5.32 Å². The van der Waals surface area contributed by atoms with Gasteiger partial charge in [-0.2, -0.15) is 0 Å². The van der Waals surface area contributed by atoms with Crippen LogP contribution in [-0.2, 0) is 9.59 Å². The summed E-state index contributed by atoms with van der Waals surface area (Å²) in [5.74, 6) is -1.48. The van der Waals surface area contributed by atoms with Crippen LogP contribution in [0.3, 0.4) is 0 Å². The molecule has 5 heteroatoms. The number of hydrogen-bond acceptors (Lipinski definition) is 3. The fourth-order valence-corrected chi connectivity index (χ4v) is 1.41. The number of carboxylic acid groups (broad SMARTS) is 1. The second kappa shape index (κ2) is 6.65. The maximum Gasteiger partial charge on any atom is 0.330 e.